The molecule has 0 unspecified atom stereocenters. The van der Waals surface area contributed by atoms with Crippen molar-refractivity contribution in [1.82, 2.24) is 10.2 Å². The third-order valence-electron chi connectivity index (χ3n) is 1.81. The molecule has 1 N–H and O–H groups in total. The molecule has 0 aliphatic carbocycles. The van der Waals surface area contributed by atoms with Gasteiger partial charge in [-0.25, -0.2) is 0 Å². The number of alkyl halides is 2. The monoisotopic (exact) mass is 233 g/mol. The highest BCUT2D eigenvalue weighted by Gasteiger charge is 2.22. The Kier molecular flexibility index (Phi) is 3.96. The second kappa shape index (κ2) is 4.80. The first kappa shape index (κ1) is 11.5. The molecule has 0 saturated carbocycles. The second-order valence-electron chi connectivity index (χ2n) is 3.57. The van der Waals surface area contributed by atoms with E-state index in [0.29, 0.717) is 17.6 Å². The normalized spacial score (nSPS) is 11.4. The third kappa shape index (κ3) is 3.00. The van der Waals surface area contributed by atoms with Gasteiger partial charge in [-0.15, -0.1) is 28.3 Å². The van der Waals surface area contributed by atoms with Gasteiger partial charge < -0.3 is 5.32 Å². The molecular formula is C9H13Cl2N3. The Morgan fingerprint density at radius 2 is 2.07 bits per heavy atom. The first-order valence-corrected chi connectivity index (χ1v) is 5.36. The van der Waals surface area contributed by atoms with Gasteiger partial charge in [0, 0.05) is 11.8 Å². The number of hydrogen-bond donors (Lipinski definition) is 1. The Hall–Kier alpha value is -0.540. The highest BCUT2D eigenvalue weighted by atomic mass is 35.5. The zero-order valence-corrected chi connectivity index (χ0v) is 9.73. The van der Waals surface area contributed by atoms with Crippen LogP contribution >= 0.6 is 23.2 Å². The number of halogens is 2. The Labute approximate surface area is 93.8 Å². The summed E-state index contributed by atoms with van der Waals surface area (Å²) in [5.41, 5.74) is 0.708. The molecule has 78 valence electrons. The summed E-state index contributed by atoms with van der Waals surface area (Å²) in [6, 6.07) is 1.91. The van der Waals surface area contributed by atoms with Crippen LogP contribution in [0.25, 0.3) is 0 Å². The zero-order valence-electron chi connectivity index (χ0n) is 8.22. The van der Waals surface area contributed by atoms with Gasteiger partial charge in [0.2, 0.25) is 0 Å². The van der Waals surface area contributed by atoms with E-state index in [2.05, 4.69) is 15.5 Å². The standard InChI is InChI=1S/C9H13Cl2N3/c1-7-3-8(14-12-4-7)13-9(2,5-10)6-11/h3-4H,5-6H2,1-2H3,(H,13,14). The summed E-state index contributed by atoms with van der Waals surface area (Å²) in [5, 5.41) is 10.9. The summed E-state index contributed by atoms with van der Waals surface area (Å²) in [5.74, 6) is 1.55. The molecule has 3 nitrogen and oxygen atoms in total. The fraction of sp³-hybridized carbons (Fsp3) is 0.556. The molecule has 0 fully saturated rings. The number of hydrogen-bond acceptors (Lipinski definition) is 3. The van der Waals surface area contributed by atoms with Crippen LogP contribution in [0.15, 0.2) is 12.3 Å². The van der Waals surface area contributed by atoms with Crippen LogP contribution < -0.4 is 5.32 Å². The molecule has 0 atom stereocenters. The van der Waals surface area contributed by atoms with Gasteiger partial charge in [-0.2, -0.15) is 5.10 Å². The average molecular weight is 234 g/mol. The topological polar surface area (TPSA) is 37.8 Å². The summed E-state index contributed by atoms with van der Waals surface area (Å²) in [7, 11) is 0. The van der Waals surface area contributed by atoms with Gasteiger partial charge in [0.05, 0.1) is 11.7 Å². The molecule has 0 radical (unpaired) electrons. The van der Waals surface area contributed by atoms with Crippen LogP contribution in [0.1, 0.15) is 12.5 Å². The lowest BCUT2D eigenvalue weighted by Crippen LogP contribution is -2.39. The lowest BCUT2D eigenvalue weighted by Gasteiger charge is -2.26. The summed E-state index contributed by atoms with van der Waals surface area (Å²) in [4.78, 5) is 0. The molecule has 0 bridgehead atoms. The molecule has 5 heteroatoms. The van der Waals surface area contributed by atoms with Gasteiger partial charge in [0.25, 0.3) is 0 Å². The number of aromatic nitrogens is 2. The van der Waals surface area contributed by atoms with Crippen LogP contribution in [-0.4, -0.2) is 27.5 Å². The van der Waals surface area contributed by atoms with Gasteiger partial charge in [-0.1, -0.05) is 0 Å². The molecule has 0 aliphatic heterocycles. The largest absolute Gasteiger partial charge is 0.361 e. The number of rotatable bonds is 4. The molecular weight excluding hydrogens is 221 g/mol. The minimum Gasteiger partial charge on any atom is -0.361 e. The van der Waals surface area contributed by atoms with Crippen LogP contribution in [0, 0.1) is 6.92 Å². The fourth-order valence-corrected chi connectivity index (χ4v) is 1.36. The van der Waals surface area contributed by atoms with Crippen molar-refractivity contribution >= 4 is 29.0 Å². The molecule has 0 saturated heterocycles. The van der Waals surface area contributed by atoms with E-state index in [1.54, 1.807) is 6.20 Å². The molecule has 0 aliphatic rings. The smallest absolute Gasteiger partial charge is 0.149 e. The van der Waals surface area contributed by atoms with Gasteiger partial charge >= 0.3 is 0 Å². The van der Waals surface area contributed by atoms with E-state index < -0.39 is 0 Å². The van der Waals surface area contributed by atoms with Crippen LogP contribution in [0.5, 0.6) is 0 Å². The van der Waals surface area contributed by atoms with Crippen LogP contribution in [0.2, 0.25) is 0 Å². The Morgan fingerprint density at radius 1 is 1.43 bits per heavy atom. The number of nitrogens with zero attached hydrogens (tertiary/aromatic N) is 2. The lowest BCUT2D eigenvalue weighted by molar-refractivity contribution is 0.642. The lowest BCUT2D eigenvalue weighted by atomic mass is 10.1. The molecule has 1 rings (SSSR count). The highest BCUT2D eigenvalue weighted by Crippen LogP contribution is 2.16. The van der Waals surface area contributed by atoms with E-state index in [1.807, 2.05) is 19.9 Å². The molecule has 1 aromatic heterocycles. The molecule has 14 heavy (non-hydrogen) atoms. The van der Waals surface area contributed by atoms with E-state index in [0.717, 1.165) is 5.56 Å². The van der Waals surface area contributed by atoms with Crippen molar-refractivity contribution in [3.8, 4) is 0 Å². The van der Waals surface area contributed by atoms with Crippen molar-refractivity contribution < 1.29 is 0 Å². The first-order chi connectivity index (χ1) is 6.59. The van der Waals surface area contributed by atoms with Crippen molar-refractivity contribution in [1.29, 1.82) is 0 Å². The molecule has 1 heterocycles. The maximum absolute atomic E-state index is 5.80. The SMILES string of the molecule is Cc1cnnc(NC(C)(CCl)CCl)c1. The maximum atomic E-state index is 5.80. The maximum Gasteiger partial charge on any atom is 0.149 e. The Bertz CT molecular complexity index is 300. The second-order valence-corrected chi connectivity index (χ2v) is 4.11. The van der Waals surface area contributed by atoms with E-state index in [9.17, 15) is 0 Å². The zero-order chi connectivity index (χ0) is 10.6. The van der Waals surface area contributed by atoms with E-state index in [-0.39, 0.29) is 5.54 Å². The predicted molar refractivity (Wildman–Crippen MR) is 60.2 cm³/mol. The number of aryl methyl sites for hydroxylation is 1. The van der Waals surface area contributed by atoms with Crippen LogP contribution in [-0.2, 0) is 0 Å². The Balaban J connectivity index is 2.77. The Morgan fingerprint density at radius 3 is 2.57 bits per heavy atom. The van der Waals surface area contributed by atoms with E-state index in [1.165, 1.54) is 0 Å². The average Bonchev–Trinajstić information content (AvgIpc) is 2.18. The van der Waals surface area contributed by atoms with Crippen molar-refractivity contribution in [2.24, 2.45) is 0 Å². The van der Waals surface area contributed by atoms with Gasteiger partial charge in [0.1, 0.15) is 5.82 Å². The minimum absolute atomic E-state index is 0.342. The molecule has 0 amide bonds. The van der Waals surface area contributed by atoms with E-state index >= 15 is 0 Å². The van der Waals surface area contributed by atoms with Crippen LogP contribution in [0.4, 0.5) is 5.82 Å². The van der Waals surface area contributed by atoms with Crippen molar-refractivity contribution in [3.05, 3.63) is 17.8 Å². The number of anilines is 1. The highest BCUT2D eigenvalue weighted by molar-refractivity contribution is 6.22. The van der Waals surface area contributed by atoms with Gasteiger partial charge in [-0.05, 0) is 25.5 Å². The van der Waals surface area contributed by atoms with Gasteiger partial charge in [-0.3, -0.25) is 0 Å². The van der Waals surface area contributed by atoms with Crippen molar-refractivity contribution in [2.45, 2.75) is 19.4 Å². The third-order valence-corrected chi connectivity index (χ3v) is 2.99. The quantitative estimate of drug-likeness (QED) is 0.813. The molecule has 0 aromatic carbocycles. The molecule has 1 aromatic rings. The summed E-state index contributed by atoms with van der Waals surface area (Å²) >= 11 is 11.6. The van der Waals surface area contributed by atoms with E-state index in [4.69, 9.17) is 23.2 Å². The van der Waals surface area contributed by atoms with Crippen molar-refractivity contribution in [2.75, 3.05) is 17.1 Å². The summed E-state index contributed by atoms with van der Waals surface area (Å²) < 4.78 is 0. The molecule has 0 spiro atoms. The predicted octanol–water partition coefficient (Wildman–Crippen LogP) is 2.43. The van der Waals surface area contributed by atoms with Crippen LogP contribution in [0.3, 0.4) is 0 Å². The first-order valence-electron chi connectivity index (χ1n) is 4.29. The van der Waals surface area contributed by atoms with Gasteiger partial charge in [0.15, 0.2) is 0 Å². The summed E-state index contributed by atoms with van der Waals surface area (Å²) in [6.07, 6.45) is 1.70. The number of nitrogens with one attached hydrogen (secondary N) is 1. The fourth-order valence-electron chi connectivity index (χ4n) is 0.937. The van der Waals surface area contributed by atoms with Crippen molar-refractivity contribution in [3.63, 3.8) is 0 Å². The summed E-state index contributed by atoms with van der Waals surface area (Å²) in [6.45, 7) is 3.90. The minimum atomic E-state index is -0.342.